The Morgan fingerprint density at radius 1 is 1.38 bits per heavy atom. The predicted octanol–water partition coefficient (Wildman–Crippen LogP) is 4.52. The van der Waals surface area contributed by atoms with E-state index in [4.69, 9.17) is 9.26 Å². The maximum atomic E-state index is 12.4. The quantitative estimate of drug-likeness (QED) is 0.490. The number of hydrogen-bond donors (Lipinski definition) is 2. The molecule has 2 N–H and O–H groups in total. The molecule has 1 aliphatic heterocycles. The Morgan fingerprint density at radius 3 is 2.97 bits per heavy atom. The summed E-state index contributed by atoms with van der Waals surface area (Å²) < 4.78 is 11.8. The molecule has 1 fully saturated rings. The monoisotopic (exact) mass is 498 g/mol. The van der Waals surface area contributed by atoms with Crippen LogP contribution >= 0.6 is 15.9 Å². The molecule has 1 aromatic carbocycles. The van der Waals surface area contributed by atoms with Crippen LogP contribution in [0.1, 0.15) is 41.9 Å². The van der Waals surface area contributed by atoms with Crippen LogP contribution in [-0.2, 0) is 0 Å². The zero-order valence-corrected chi connectivity index (χ0v) is 19.3. The first-order chi connectivity index (χ1) is 15.5. The molecule has 5 rings (SSSR count). The van der Waals surface area contributed by atoms with E-state index in [1.54, 1.807) is 6.20 Å². The first-order valence-electron chi connectivity index (χ1n) is 10.5. The lowest BCUT2D eigenvalue weighted by molar-refractivity contribution is 0.0930. The average molecular weight is 499 g/mol. The third kappa shape index (κ3) is 4.03. The van der Waals surface area contributed by atoms with Crippen molar-refractivity contribution in [3.05, 3.63) is 58.5 Å². The molecule has 0 bridgehead atoms. The van der Waals surface area contributed by atoms with Crippen LogP contribution in [0.5, 0.6) is 11.6 Å². The summed E-state index contributed by atoms with van der Waals surface area (Å²) in [7, 11) is 2.01. The third-order valence-corrected chi connectivity index (χ3v) is 6.41. The molecule has 2 aliphatic rings. The van der Waals surface area contributed by atoms with E-state index in [2.05, 4.69) is 41.8 Å². The van der Waals surface area contributed by atoms with Gasteiger partial charge >= 0.3 is 0 Å². The highest BCUT2D eigenvalue weighted by atomic mass is 79.9. The maximum absolute atomic E-state index is 12.4. The van der Waals surface area contributed by atoms with Gasteiger partial charge in [0.25, 0.3) is 5.91 Å². The fourth-order valence-corrected chi connectivity index (χ4v) is 4.20. The van der Waals surface area contributed by atoms with E-state index in [1.165, 1.54) is 25.2 Å². The molecule has 1 aliphatic carbocycles. The van der Waals surface area contributed by atoms with Crippen LogP contribution in [0.2, 0.25) is 0 Å². The standard InChI is InChI=1S/C22H23BrN6O3/c1-13(25-21(30)16-9-11-31-27-16)15-4-3-10-24-22(15)32-18-8-7-17-20(19(18)23)26-28(2)29(17)12-14-5-6-14/h3-4,7-11,13-14,26H,5-6,12H2,1-2H3,(H,25,30). The number of rotatable bonds is 7. The molecule has 1 amide bonds. The highest BCUT2D eigenvalue weighted by Gasteiger charge is 2.33. The number of nitrogens with one attached hydrogen (secondary N) is 2. The van der Waals surface area contributed by atoms with Crippen LogP contribution in [0.4, 0.5) is 11.4 Å². The Kier molecular flexibility index (Phi) is 5.48. The molecule has 10 heteroatoms. The lowest BCUT2D eigenvalue weighted by Gasteiger charge is -2.25. The summed E-state index contributed by atoms with van der Waals surface area (Å²) in [6.45, 7) is 2.86. The van der Waals surface area contributed by atoms with Gasteiger partial charge in [-0.15, -0.1) is 5.12 Å². The number of benzene rings is 1. The Labute approximate surface area is 193 Å². The number of hydrogen-bond acceptors (Lipinski definition) is 8. The van der Waals surface area contributed by atoms with Crippen molar-refractivity contribution >= 4 is 33.2 Å². The van der Waals surface area contributed by atoms with E-state index in [-0.39, 0.29) is 17.6 Å². The van der Waals surface area contributed by atoms with Crippen molar-refractivity contribution in [2.45, 2.75) is 25.8 Å². The lowest BCUT2D eigenvalue weighted by Crippen LogP contribution is -2.39. The summed E-state index contributed by atoms with van der Waals surface area (Å²) in [6.07, 6.45) is 5.60. The van der Waals surface area contributed by atoms with E-state index in [9.17, 15) is 4.79 Å². The smallest absolute Gasteiger partial charge is 0.273 e. The second-order valence-electron chi connectivity index (χ2n) is 8.01. The Hall–Kier alpha value is -3.11. The minimum Gasteiger partial charge on any atom is -0.437 e. The Balaban J connectivity index is 1.37. The fraction of sp³-hybridized carbons (Fsp3) is 0.318. The van der Waals surface area contributed by atoms with Gasteiger partial charge in [0, 0.05) is 31.4 Å². The van der Waals surface area contributed by atoms with Crippen molar-refractivity contribution in [2.24, 2.45) is 5.92 Å². The zero-order chi connectivity index (χ0) is 22.2. The second kappa shape index (κ2) is 8.44. The molecule has 0 saturated heterocycles. The van der Waals surface area contributed by atoms with Gasteiger partial charge in [-0.25, -0.2) is 4.98 Å². The van der Waals surface area contributed by atoms with Crippen molar-refractivity contribution in [1.29, 1.82) is 0 Å². The molecule has 0 radical (unpaired) electrons. The molecular formula is C22H23BrN6O3. The highest BCUT2D eigenvalue weighted by Crippen LogP contribution is 2.46. The number of carbonyl (C=O) groups is 1. The summed E-state index contributed by atoms with van der Waals surface area (Å²) in [5, 5.41) is 10.8. The Morgan fingerprint density at radius 2 is 2.22 bits per heavy atom. The van der Waals surface area contributed by atoms with Gasteiger partial charge in [0.15, 0.2) is 5.69 Å². The number of ether oxygens (including phenoxy) is 1. The number of hydrazine groups is 2. The number of aromatic nitrogens is 2. The SMILES string of the molecule is CC(NC(=O)c1ccon1)c1cccnc1Oc1ccc2c(c1Br)NN(C)N2CC1CC1. The number of pyridine rings is 1. The van der Waals surface area contributed by atoms with E-state index in [0.717, 1.165) is 33.9 Å². The van der Waals surface area contributed by atoms with Gasteiger partial charge in [0.1, 0.15) is 12.0 Å². The van der Waals surface area contributed by atoms with Crippen molar-refractivity contribution < 1.29 is 14.1 Å². The van der Waals surface area contributed by atoms with Gasteiger partial charge in [-0.2, -0.15) is 0 Å². The van der Waals surface area contributed by atoms with E-state index < -0.39 is 0 Å². The fourth-order valence-electron chi connectivity index (χ4n) is 3.70. The molecule has 1 unspecified atom stereocenters. The predicted molar refractivity (Wildman–Crippen MR) is 122 cm³/mol. The molecule has 9 nitrogen and oxygen atoms in total. The largest absolute Gasteiger partial charge is 0.437 e. The van der Waals surface area contributed by atoms with Crippen LogP contribution in [0.3, 0.4) is 0 Å². The first kappa shape index (κ1) is 20.8. The summed E-state index contributed by atoms with van der Waals surface area (Å²) >= 11 is 3.70. The summed E-state index contributed by atoms with van der Waals surface area (Å²) in [4.78, 5) is 16.8. The first-order valence-corrected chi connectivity index (χ1v) is 11.2. The number of halogens is 1. The summed E-state index contributed by atoms with van der Waals surface area (Å²) in [5.74, 6) is 1.47. The molecule has 2 aromatic heterocycles. The number of anilines is 2. The van der Waals surface area contributed by atoms with E-state index in [1.807, 2.05) is 43.4 Å². The lowest BCUT2D eigenvalue weighted by atomic mass is 10.1. The van der Waals surface area contributed by atoms with Gasteiger partial charge in [-0.05, 0) is 59.8 Å². The van der Waals surface area contributed by atoms with Crippen LogP contribution in [0.25, 0.3) is 0 Å². The number of amides is 1. The normalized spacial score (nSPS) is 16.4. The molecule has 1 saturated carbocycles. The zero-order valence-electron chi connectivity index (χ0n) is 17.7. The summed E-state index contributed by atoms with van der Waals surface area (Å²) in [6, 6.07) is 8.83. The highest BCUT2D eigenvalue weighted by molar-refractivity contribution is 9.10. The van der Waals surface area contributed by atoms with E-state index >= 15 is 0 Å². The molecule has 32 heavy (non-hydrogen) atoms. The Bertz CT molecular complexity index is 1130. The number of fused-ring (bicyclic) bond motifs is 1. The van der Waals surface area contributed by atoms with Crippen LogP contribution < -0.4 is 20.5 Å². The van der Waals surface area contributed by atoms with Crippen molar-refractivity contribution in [2.75, 3.05) is 24.0 Å². The number of carbonyl (C=O) groups excluding carboxylic acids is 1. The molecular weight excluding hydrogens is 476 g/mol. The van der Waals surface area contributed by atoms with Gasteiger partial charge in [-0.1, -0.05) is 11.2 Å². The van der Waals surface area contributed by atoms with Gasteiger partial charge < -0.3 is 14.6 Å². The number of nitrogens with zero attached hydrogens (tertiary/aromatic N) is 4. The van der Waals surface area contributed by atoms with Crippen LogP contribution in [0, 0.1) is 5.92 Å². The third-order valence-electron chi connectivity index (χ3n) is 5.62. The van der Waals surface area contributed by atoms with E-state index in [0.29, 0.717) is 11.6 Å². The van der Waals surface area contributed by atoms with Crippen molar-refractivity contribution in [3.8, 4) is 11.6 Å². The summed E-state index contributed by atoms with van der Waals surface area (Å²) in [5.41, 5.74) is 6.42. The topological polar surface area (TPSA) is 95.8 Å². The van der Waals surface area contributed by atoms with Crippen LogP contribution in [0.15, 0.2) is 51.8 Å². The van der Waals surface area contributed by atoms with Crippen molar-refractivity contribution in [3.63, 3.8) is 0 Å². The minimum atomic E-state index is -0.352. The van der Waals surface area contributed by atoms with Gasteiger partial charge in [0.05, 0.1) is 21.9 Å². The molecule has 1 atom stereocenters. The minimum absolute atomic E-state index is 0.218. The molecule has 0 spiro atoms. The van der Waals surface area contributed by atoms with Crippen molar-refractivity contribution in [1.82, 2.24) is 20.6 Å². The molecule has 3 heterocycles. The second-order valence-corrected chi connectivity index (χ2v) is 8.81. The average Bonchev–Trinajstić information content (AvgIpc) is 3.31. The van der Waals surface area contributed by atoms with Gasteiger partial charge in [0.2, 0.25) is 5.88 Å². The molecule has 166 valence electrons. The maximum Gasteiger partial charge on any atom is 0.273 e. The van der Waals surface area contributed by atoms with Crippen LogP contribution in [-0.4, -0.2) is 34.8 Å². The van der Waals surface area contributed by atoms with Gasteiger partial charge in [-0.3, -0.25) is 15.2 Å². The molecule has 3 aromatic rings.